The van der Waals surface area contributed by atoms with Crippen LogP contribution in [0.3, 0.4) is 0 Å². The lowest BCUT2D eigenvalue weighted by Gasteiger charge is -2.08. The number of hydrogen-bond donors (Lipinski definition) is 1. The van der Waals surface area contributed by atoms with Crippen molar-refractivity contribution in [3.63, 3.8) is 0 Å². The van der Waals surface area contributed by atoms with Gasteiger partial charge in [-0.1, -0.05) is 25.1 Å². The largest absolute Gasteiger partial charge is 0.496 e. The van der Waals surface area contributed by atoms with Crippen molar-refractivity contribution in [2.75, 3.05) is 7.11 Å². The first kappa shape index (κ1) is 13.1. The van der Waals surface area contributed by atoms with Gasteiger partial charge in [0.2, 0.25) is 0 Å². The first-order valence-corrected chi connectivity index (χ1v) is 6.97. The maximum Gasteiger partial charge on any atom is 0.123 e. The van der Waals surface area contributed by atoms with E-state index in [1.165, 1.54) is 10.6 Å². The Bertz CT molecular complexity index is 496. The van der Waals surface area contributed by atoms with Gasteiger partial charge in [-0.3, -0.25) is 0 Å². The Morgan fingerprint density at radius 3 is 2.83 bits per heavy atom. The summed E-state index contributed by atoms with van der Waals surface area (Å²) in [6.07, 6.45) is 1.01. The van der Waals surface area contributed by atoms with Gasteiger partial charge in [0.25, 0.3) is 0 Å². The number of hydrogen-bond acceptors (Lipinski definition) is 4. The Balaban J connectivity index is 1.88. The molecule has 1 aromatic heterocycles. The summed E-state index contributed by atoms with van der Waals surface area (Å²) in [5.74, 6) is 0.928. The van der Waals surface area contributed by atoms with E-state index in [9.17, 15) is 0 Å². The lowest BCUT2D eigenvalue weighted by molar-refractivity contribution is 0.407. The Kier molecular flexibility index (Phi) is 4.73. The molecule has 0 aliphatic rings. The van der Waals surface area contributed by atoms with Crippen molar-refractivity contribution in [2.24, 2.45) is 0 Å². The van der Waals surface area contributed by atoms with Crippen LogP contribution in [0.4, 0.5) is 0 Å². The molecule has 1 N–H and O–H groups in total. The fourth-order valence-corrected chi connectivity index (χ4v) is 2.51. The van der Waals surface area contributed by atoms with Gasteiger partial charge in [0.1, 0.15) is 5.75 Å². The van der Waals surface area contributed by atoms with Crippen molar-refractivity contribution in [1.82, 2.24) is 10.3 Å². The Morgan fingerprint density at radius 2 is 2.11 bits per heavy atom. The van der Waals surface area contributed by atoms with Gasteiger partial charge in [-0.25, -0.2) is 4.98 Å². The molecular weight excluding hydrogens is 244 g/mol. The molecule has 3 nitrogen and oxygen atoms in total. The molecule has 0 radical (unpaired) electrons. The van der Waals surface area contributed by atoms with E-state index in [0.29, 0.717) is 0 Å². The highest BCUT2D eigenvalue weighted by molar-refractivity contribution is 7.09. The molecule has 0 fully saturated rings. The average Bonchev–Trinajstić information content (AvgIpc) is 2.87. The average molecular weight is 262 g/mol. The van der Waals surface area contributed by atoms with Crippen LogP contribution in [0.15, 0.2) is 29.6 Å². The van der Waals surface area contributed by atoms with Crippen molar-refractivity contribution in [3.8, 4) is 5.75 Å². The zero-order valence-electron chi connectivity index (χ0n) is 10.8. The SMILES string of the molecule is CCc1nc(CNCc2ccccc2OC)cs1. The topological polar surface area (TPSA) is 34.2 Å². The predicted octanol–water partition coefficient (Wildman–Crippen LogP) is 3.00. The molecule has 0 unspecified atom stereocenters. The van der Waals surface area contributed by atoms with E-state index in [-0.39, 0.29) is 0 Å². The Morgan fingerprint density at radius 1 is 1.28 bits per heavy atom. The molecule has 2 aromatic rings. The number of nitrogens with one attached hydrogen (secondary N) is 1. The van der Waals surface area contributed by atoms with Gasteiger partial charge in [-0.15, -0.1) is 11.3 Å². The van der Waals surface area contributed by atoms with Crippen LogP contribution in [-0.4, -0.2) is 12.1 Å². The first-order valence-electron chi connectivity index (χ1n) is 6.09. The summed E-state index contributed by atoms with van der Waals surface area (Å²) >= 11 is 1.73. The monoisotopic (exact) mass is 262 g/mol. The molecule has 1 heterocycles. The van der Waals surface area contributed by atoms with E-state index >= 15 is 0 Å². The summed E-state index contributed by atoms with van der Waals surface area (Å²) in [4.78, 5) is 4.53. The lowest BCUT2D eigenvalue weighted by atomic mass is 10.2. The van der Waals surface area contributed by atoms with Crippen LogP contribution in [-0.2, 0) is 19.5 Å². The van der Waals surface area contributed by atoms with Crippen LogP contribution in [0.1, 0.15) is 23.2 Å². The van der Waals surface area contributed by atoms with E-state index < -0.39 is 0 Å². The van der Waals surface area contributed by atoms with Crippen LogP contribution >= 0.6 is 11.3 Å². The maximum atomic E-state index is 5.32. The zero-order valence-corrected chi connectivity index (χ0v) is 11.6. The quantitative estimate of drug-likeness (QED) is 0.869. The normalized spacial score (nSPS) is 10.6. The molecule has 0 aliphatic carbocycles. The predicted molar refractivity (Wildman–Crippen MR) is 75.0 cm³/mol. The number of nitrogens with zero attached hydrogens (tertiary/aromatic N) is 1. The highest BCUT2D eigenvalue weighted by Crippen LogP contribution is 2.17. The molecule has 96 valence electrons. The third-order valence-corrected chi connectivity index (χ3v) is 3.76. The number of methoxy groups -OCH3 is 1. The molecular formula is C14H18N2OS. The second-order valence-corrected chi connectivity index (χ2v) is 4.94. The number of aromatic nitrogens is 1. The minimum Gasteiger partial charge on any atom is -0.496 e. The van der Waals surface area contributed by atoms with Crippen molar-refractivity contribution in [3.05, 3.63) is 45.9 Å². The van der Waals surface area contributed by atoms with Crippen molar-refractivity contribution in [2.45, 2.75) is 26.4 Å². The van der Waals surface area contributed by atoms with Gasteiger partial charge in [0.15, 0.2) is 0 Å². The molecule has 0 atom stereocenters. The summed E-state index contributed by atoms with van der Waals surface area (Å²) in [6.45, 7) is 3.72. The lowest BCUT2D eigenvalue weighted by Crippen LogP contribution is -2.13. The number of ether oxygens (including phenoxy) is 1. The number of aryl methyl sites for hydroxylation is 1. The van der Waals surface area contributed by atoms with E-state index in [0.717, 1.165) is 31.0 Å². The molecule has 0 bridgehead atoms. The summed E-state index contributed by atoms with van der Waals surface area (Å²) in [6, 6.07) is 8.06. The van der Waals surface area contributed by atoms with Crippen LogP contribution in [0.5, 0.6) is 5.75 Å². The number of para-hydroxylation sites is 1. The standard InChI is InChI=1S/C14H18N2OS/c1-3-14-16-12(10-18-14)9-15-8-11-6-4-5-7-13(11)17-2/h4-7,10,15H,3,8-9H2,1-2H3. The van der Waals surface area contributed by atoms with E-state index in [1.54, 1.807) is 18.4 Å². The highest BCUT2D eigenvalue weighted by atomic mass is 32.1. The van der Waals surface area contributed by atoms with E-state index in [1.807, 2.05) is 18.2 Å². The number of thiazole rings is 1. The second-order valence-electron chi connectivity index (χ2n) is 4.00. The molecule has 0 spiro atoms. The van der Waals surface area contributed by atoms with Crippen molar-refractivity contribution < 1.29 is 4.74 Å². The van der Waals surface area contributed by atoms with Crippen LogP contribution in [0.25, 0.3) is 0 Å². The van der Waals surface area contributed by atoms with Gasteiger partial charge in [0, 0.05) is 24.0 Å². The summed E-state index contributed by atoms with van der Waals surface area (Å²) < 4.78 is 5.32. The van der Waals surface area contributed by atoms with Crippen molar-refractivity contribution >= 4 is 11.3 Å². The van der Waals surface area contributed by atoms with Gasteiger partial charge in [0.05, 0.1) is 17.8 Å². The van der Waals surface area contributed by atoms with Gasteiger partial charge < -0.3 is 10.1 Å². The van der Waals surface area contributed by atoms with Crippen molar-refractivity contribution in [1.29, 1.82) is 0 Å². The maximum absolute atomic E-state index is 5.32. The molecule has 0 amide bonds. The fraction of sp³-hybridized carbons (Fsp3) is 0.357. The summed E-state index contributed by atoms with van der Waals surface area (Å²) in [5, 5.41) is 6.71. The third kappa shape index (κ3) is 3.31. The minimum atomic E-state index is 0.795. The first-order chi connectivity index (χ1) is 8.83. The van der Waals surface area contributed by atoms with Gasteiger partial charge in [-0.05, 0) is 12.5 Å². The van der Waals surface area contributed by atoms with E-state index in [4.69, 9.17) is 4.74 Å². The van der Waals surface area contributed by atoms with Crippen LogP contribution < -0.4 is 10.1 Å². The smallest absolute Gasteiger partial charge is 0.123 e. The Labute approximate surface area is 112 Å². The molecule has 18 heavy (non-hydrogen) atoms. The van der Waals surface area contributed by atoms with E-state index in [2.05, 4.69) is 28.7 Å². The zero-order chi connectivity index (χ0) is 12.8. The molecule has 2 rings (SSSR count). The second kappa shape index (κ2) is 6.52. The molecule has 0 saturated heterocycles. The summed E-state index contributed by atoms with van der Waals surface area (Å²) in [5.41, 5.74) is 2.29. The highest BCUT2D eigenvalue weighted by Gasteiger charge is 2.02. The van der Waals surface area contributed by atoms with Crippen LogP contribution in [0.2, 0.25) is 0 Å². The number of rotatable bonds is 6. The van der Waals surface area contributed by atoms with Gasteiger partial charge >= 0.3 is 0 Å². The summed E-state index contributed by atoms with van der Waals surface area (Å²) in [7, 11) is 1.70. The Hall–Kier alpha value is -1.39. The third-order valence-electron chi connectivity index (χ3n) is 2.72. The molecule has 0 saturated carbocycles. The molecule has 1 aromatic carbocycles. The van der Waals surface area contributed by atoms with Crippen LogP contribution in [0, 0.1) is 0 Å². The number of benzene rings is 1. The fourth-order valence-electron chi connectivity index (χ4n) is 1.77. The minimum absolute atomic E-state index is 0.795. The molecule has 0 aliphatic heterocycles. The molecule has 4 heteroatoms. The van der Waals surface area contributed by atoms with Gasteiger partial charge in [-0.2, -0.15) is 0 Å².